The Labute approximate surface area is 101 Å². The summed E-state index contributed by atoms with van der Waals surface area (Å²) in [6.45, 7) is 7.13. The summed E-state index contributed by atoms with van der Waals surface area (Å²) in [6, 6.07) is 0. The van der Waals surface area contributed by atoms with Crippen molar-refractivity contribution in [3.8, 4) is 0 Å². The molecule has 0 aliphatic carbocycles. The Bertz CT molecular complexity index is 340. The van der Waals surface area contributed by atoms with Crippen molar-refractivity contribution in [2.75, 3.05) is 19.6 Å². The zero-order valence-electron chi connectivity index (χ0n) is 10.0. The van der Waals surface area contributed by atoms with Gasteiger partial charge in [-0.15, -0.1) is 11.3 Å². The van der Waals surface area contributed by atoms with E-state index in [0.29, 0.717) is 5.92 Å². The highest BCUT2D eigenvalue weighted by atomic mass is 32.1. The van der Waals surface area contributed by atoms with Gasteiger partial charge in [-0.05, 0) is 25.8 Å². The van der Waals surface area contributed by atoms with Crippen LogP contribution < -0.4 is 0 Å². The molecular weight excluding hydrogens is 220 g/mol. The van der Waals surface area contributed by atoms with Crippen LogP contribution in [0.4, 0.5) is 0 Å². The van der Waals surface area contributed by atoms with Crippen molar-refractivity contribution < 1.29 is 5.11 Å². The molecule has 0 spiro atoms. The van der Waals surface area contributed by atoms with E-state index < -0.39 is 0 Å². The van der Waals surface area contributed by atoms with Crippen LogP contribution in [0, 0.1) is 12.8 Å². The molecule has 1 aromatic heterocycles. The van der Waals surface area contributed by atoms with E-state index in [1.807, 2.05) is 6.92 Å². The molecule has 1 aliphatic rings. The first-order valence-electron chi connectivity index (χ1n) is 5.96. The summed E-state index contributed by atoms with van der Waals surface area (Å²) in [7, 11) is 0. The number of β-amino-alcohol motifs (C(OH)–C–C–N with tert-alkyl or cyclic N) is 1. The zero-order valence-corrected chi connectivity index (χ0v) is 10.8. The molecule has 0 bridgehead atoms. The summed E-state index contributed by atoms with van der Waals surface area (Å²) in [5.74, 6) is 0.456. The standard InChI is InChI=1S/C12H20N2OS/c1-9-3-5-14(7-12(9)15)6-4-11-8-16-10(2)13-11/h8-9,12,15H,3-7H2,1-2H3. The van der Waals surface area contributed by atoms with Gasteiger partial charge in [0.2, 0.25) is 0 Å². The summed E-state index contributed by atoms with van der Waals surface area (Å²) in [4.78, 5) is 6.80. The molecule has 1 aromatic rings. The zero-order chi connectivity index (χ0) is 11.5. The number of rotatable bonds is 3. The third-order valence-corrected chi connectivity index (χ3v) is 4.18. The van der Waals surface area contributed by atoms with Gasteiger partial charge < -0.3 is 10.0 Å². The maximum atomic E-state index is 9.79. The maximum absolute atomic E-state index is 9.79. The Morgan fingerprint density at radius 1 is 1.62 bits per heavy atom. The predicted molar refractivity (Wildman–Crippen MR) is 66.8 cm³/mol. The van der Waals surface area contributed by atoms with Crippen LogP contribution in [0.5, 0.6) is 0 Å². The lowest BCUT2D eigenvalue weighted by molar-refractivity contribution is 0.0297. The molecule has 1 saturated heterocycles. The van der Waals surface area contributed by atoms with Crippen LogP contribution in [0.15, 0.2) is 5.38 Å². The molecule has 0 amide bonds. The monoisotopic (exact) mass is 240 g/mol. The van der Waals surface area contributed by atoms with Crippen molar-refractivity contribution in [2.24, 2.45) is 5.92 Å². The Kier molecular flexibility index (Phi) is 3.95. The first-order chi connectivity index (χ1) is 7.65. The van der Waals surface area contributed by atoms with Crippen LogP contribution >= 0.6 is 11.3 Å². The highest BCUT2D eigenvalue weighted by molar-refractivity contribution is 7.09. The topological polar surface area (TPSA) is 36.4 Å². The molecule has 3 nitrogen and oxygen atoms in total. The number of aliphatic hydroxyl groups is 1. The summed E-state index contributed by atoms with van der Waals surface area (Å²) >= 11 is 1.71. The van der Waals surface area contributed by atoms with Gasteiger partial charge in [-0.3, -0.25) is 0 Å². The summed E-state index contributed by atoms with van der Waals surface area (Å²) < 4.78 is 0. The van der Waals surface area contributed by atoms with Gasteiger partial charge in [0.25, 0.3) is 0 Å². The molecule has 1 fully saturated rings. The molecule has 1 N–H and O–H groups in total. The summed E-state index contributed by atoms with van der Waals surface area (Å²) in [5.41, 5.74) is 1.19. The molecule has 1 aliphatic heterocycles. The number of likely N-dealkylation sites (tertiary alicyclic amines) is 1. The average molecular weight is 240 g/mol. The van der Waals surface area contributed by atoms with Gasteiger partial charge in [-0.1, -0.05) is 6.92 Å². The second-order valence-electron chi connectivity index (χ2n) is 4.74. The van der Waals surface area contributed by atoms with Crippen molar-refractivity contribution >= 4 is 11.3 Å². The summed E-state index contributed by atoms with van der Waals surface area (Å²) in [6.07, 6.45) is 1.97. The van der Waals surface area contributed by atoms with E-state index >= 15 is 0 Å². The minimum Gasteiger partial charge on any atom is -0.392 e. The summed E-state index contributed by atoms with van der Waals surface area (Å²) in [5, 5.41) is 13.1. The predicted octanol–water partition coefficient (Wildman–Crippen LogP) is 1.70. The van der Waals surface area contributed by atoms with E-state index in [0.717, 1.165) is 37.5 Å². The molecule has 0 radical (unpaired) electrons. The largest absolute Gasteiger partial charge is 0.392 e. The van der Waals surface area contributed by atoms with Crippen molar-refractivity contribution in [1.29, 1.82) is 0 Å². The van der Waals surface area contributed by atoms with Crippen molar-refractivity contribution in [3.63, 3.8) is 0 Å². The lowest BCUT2D eigenvalue weighted by Crippen LogP contribution is -2.43. The van der Waals surface area contributed by atoms with E-state index in [2.05, 4.69) is 22.2 Å². The van der Waals surface area contributed by atoms with Crippen molar-refractivity contribution in [1.82, 2.24) is 9.88 Å². The van der Waals surface area contributed by atoms with Crippen LogP contribution in [0.25, 0.3) is 0 Å². The van der Waals surface area contributed by atoms with E-state index in [4.69, 9.17) is 0 Å². The number of piperidine rings is 1. The van der Waals surface area contributed by atoms with E-state index in [-0.39, 0.29) is 6.10 Å². The number of hydrogen-bond acceptors (Lipinski definition) is 4. The third kappa shape index (κ3) is 3.03. The van der Waals surface area contributed by atoms with Crippen LogP contribution in [0.1, 0.15) is 24.0 Å². The number of aromatic nitrogens is 1. The minimum atomic E-state index is -0.147. The van der Waals surface area contributed by atoms with Gasteiger partial charge in [0, 0.05) is 24.9 Å². The molecule has 2 heterocycles. The van der Waals surface area contributed by atoms with Gasteiger partial charge in [-0.2, -0.15) is 0 Å². The highest BCUT2D eigenvalue weighted by Gasteiger charge is 2.23. The number of nitrogens with zero attached hydrogens (tertiary/aromatic N) is 2. The lowest BCUT2D eigenvalue weighted by atomic mass is 9.96. The molecule has 0 saturated carbocycles. The fraction of sp³-hybridized carbons (Fsp3) is 0.750. The van der Waals surface area contributed by atoms with Gasteiger partial charge in [0.05, 0.1) is 16.8 Å². The fourth-order valence-corrected chi connectivity index (χ4v) is 2.76. The highest BCUT2D eigenvalue weighted by Crippen LogP contribution is 2.17. The van der Waals surface area contributed by atoms with Crippen molar-refractivity contribution in [2.45, 2.75) is 32.8 Å². The molecule has 0 aromatic carbocycles. The molecule has 4 heteroatoms. The maximum Gasteiger partial charge on any atom is 0.0897 e. The van der Waals surface area contributed by atoms with Crippen LogP contribution in [0.3, 0.4) is 0 Å². The van der Waals surface area contributed by atoms with E-state index in [1.165, 1.54) is 5.69 Å². The Morgan fingerprint density at radius 2 is 2.44 bits per heavy atom. The van der Waals surface area contributed by atoms with Crippen molar-refractivity contribution in [3.05, 3.63) is 16.1 Å². The van der Waals surface area contributed by atoms with Gasteiger partial charge in [0.1, 0.15) is 0 Å². The quantitative estimate of drug-likeness (QED) is 0.873. The number of thiazole rings is 1. The number of hydrogen-bond donors (Lipinski definition) is 1. The van der Waals surface area contributed by atoms with Crippen LogP contribution in [0.2, 0.25) is 0 Å². The molecular formula is C12H20N2OS. The molecule has 2 rings (SSSR count). The normalized spacial score (nSPS) is 27.2. The smallest absolute Gasteiger partial charge is 0.0897 e. The Morgan fingerprint density at radius 3 is 3.06 bits per heavy atom. The molecule has 16 heavy (non-hydrogen) atoms. The first kappa shape index (κ1) is 12.0. The second kappa shape index (κ2) is 5.25. The first-order valence-corrected chi connectivity index (χ1v) is 6.84. The van der Waals surface area contributed by atoms with Crippen LogP contribution in [-0.4, -0.2) is 40.7 Å². The van der Waals surface area contributed by atoms with E-state index in [1.54, 1.807) is 11.3 Å². The van der Waals surface area contributed by atoms with Crippen LogP contribution in [-0.2, 0) is 6.42 Å². The molecule has 2 unspecified atom stereocenters. The molecule has 2 atom stereocenters. The average Bonchev–Trinajstić information content (AvgIpc) is 2.66. The lowest BCUT2D eigenvalue weighted by Gasteiger charge is -2.34. The Balaban J connectivity index is 1.78. The second-order valence-corrected chi connectivity index (χ2v) is 5.80. The fourth-order valence-electron chi connectivity index (χ4n) is 2.11. The number of aliphatic hydroxyl groups excluding tert-OH is 1. The van der Waals surface area contributed by atoms with Gasteiger partial charge in [-0.25, -0.2) is 4.98 Å². The Hall–Kier alpha value is -0.450. The van der Waals surface area contributed by atoms with Gasteiger partial charge in [0.15, 0.2) is 0 Å². The SMILES string of the molecule is Cc1nc(CCN2CCC(C)C(O)C2)cs1. The minimum absolute atomic E-state index is 0.147. The molecule has 90 valence electrons. The number of aryl methyl sites for hydroxylation is 1. The van der Waals surface area contributed by atoms with E-state index in [9.17, 15) is 5.11 Å². The van der Waals surface area contributed by atoms with Gasteiger partial charge >= 0.3 is 0 Å². The third-order valence-electron chi connectivity index (χ3n) is 3.35.